The summed E-state index contributed by atoms with van der Waals surface area (Å²) in [5.74, 6) is -0.0286. The summed E-state index contributed by atoms with van der Waals surface area (Å²) in [7, 11) is 0. The van der Waals surface area contributed by atoms with Gasteiger partial charge in [-0.15, -0.1) is 0 Å². The first kappa shape index (κ1) is 14.2. The third-order valence-corrected chi connectivity index (χ3v) is 2.13. The average molecular weight is 212 g/mol. The van der Waals surface area contributed by atoms with Crippen LogP contribution in [0.1, 0.15) is 39.5 Å². The molecule has 0 rings (SSSR count). The Kier molecular flexibility index (Phi) is 9.18. The molecule has 88 valence electrons. The number of amides is 1. The number of rotatable bonds is 9. The molecule has 0 aliphatic heterocycles. The topological polar surface area (TPSA) is 41.1 Å². The predicted octanol–water partition coefficient (Wildman–Crippen LogP) is 1.85. The molecule has 0 aliphatic rings. The first-order chi connectivity index (χ1) is 7.18. The minimum atomic E-state index is -0.0286. The highest BCUT2D eigenvalue weighted by molar-refractivity contribution is 5.91. The number of nitrogens with one attached hydrogen (secondary N) is 2. The quantitative estimate of drug-likeness (QED) is 0.452. The SMILES string of the molecule is C=C(C)C(=O)NCCCCCNCCC. The zero-order chi connectivity index (χ0) is 11.5. The number of unbranched alkanes of at least 4 members (excludes halogenated alkanes) is 2. The van der Waals surface area contributed by atoms with Crippen LogP contribution < -0.4 is 10.6 Å². The molecule has 0 aliphatic carbocycles. The van der Waals surface area contributed by atoms with Crippen LogP contribution in [-0.2, 0) is 4.79 Å². The van der Waals surface area contributed by atoms with Crippen LogP contribution >= 0.6 is 0 Å². The van der Waals surface area contributed by atoms with E-state index in [-0.39, 0.29) is 5.91 Å². The second kappa shape index (κ2) is 9.71. The van der Waals surface area contributed by atoms with Crippen LogP contribution in [0.3, 0.4) is 0 Å². The summed E-state index contributed by atoms with van der Waals surface area (Å²) >= 11 is 0. The van der Waals surface area contributed by atoms with Crippen molar-refractivity contribution < 1.29 is 4.79 Å². The Balaban J connectivity index is 3.11. The fourth-order valence-electron chi connectivity index (χ4n) is 1.21. The Morgan fingerprint density at radius 2 is 1.80 bits per heavy atom. The molecule has 0 radical (unpaired) electrons. The van der Waals surface area contributed by atoms with Crippen molar-refractivity contribution in [3.8, 4) is 0 Å². The van der Waals surface area contributed by atoms with Crippen LogP contribution in [0.15, 0.2) is 12.2 Å². The van der Waals surface area contributed by atoms with Gasteiger partial charge in [-0.3, -0.25) is 4.79 Å². The molecule has 2 N–H and O–H groups in total. The van der Waals surface area contributed by atoms with Crippen molar-refractivity contribution in [2.45, 2.75) is 39.5 Å². The van der Waals surface area contributed by atoms with Crippen molar-refractivity contribution in [3.05, 3.63) is 12.2 Å². The molecule has 0 spiro atoms. The average Bonchev–Trinajstić information content (AvgIpc) is 2.21. The summed E-state index contributed by atoms with van der Waals surface area (Å²) in [6, 6.07) is 0. The van der Waals surface area contributed by atoms with Crippen LogP contribution in [0.2, 0.25) is 0 Å². The van der Waals surface area contributed by atoms with Gasteiger partial charge in [0.1, 0.15) is 0 Å². The van der Waals surface area contributed by atoms with E-state index in [2.05, 4.69) is 24.1 Å². The van der Waals surface area contributed by atoms with E-state index >= 15 is 0 Å². The maximum atomic E-state index is 11.1. The standard InChI is InChI=1S/C12H24N2O/c1-4-8-13-9-6-5-7-10-14-12(15)11(2)3/h13H,2,4-10H2,1,3H3,(H,14,15). The molecular weight excluding hydrogens is 188 g/mol. The molecule has 0 saturated heterocycles. The Morgan fingerprint density at radius 3 is 2.40 bits per heavy atom. The fraction of sp³-hybridized carbons (Fsp3) is 0.750. The van der Waals surface area contributed by atoms with Crippen molar-refractivity contribution in [3.63, 3.8) is 0 Å². The fourth-order valence-corrected chi connectivity index (χ4v) is 1.21. The lowest BCUT2D eigenvalue weighted by molar-refractivity contribution is -0.117. The number of hydrogen-bond acceptors (Lipinski definition) is 2. The van der Waals surface area contributed by atoms with Crippen LogP contribution in [-0.4, -0.2) is 25.5 Å². The number of hydrogen-bond donors (Lipinski definition) is 2. The summed E-state index contributed by atoms with van der Waals surface area (Å²) in [6.07, 6.45) is 4.58. The second-order valence-corrected chi connectivity index (χ2v) is 3.85. The van der Waals surface area contributed by atoms with E-state index in [0.717, 1.165) is 32.5 Å². The van der Waals surface area contributed by atoms with Crippen LogP contribution in [0, 0.1) is 0 Å². The maximum Gasteiger partial charge on any atom is 0.246 e. The molecule has 0 atom stereocenters. The number of carbonyl (C=O) groups excluding carboxylic acids is 1. The lowest BCUT2D eigenvalue weighted by Crippen LogP contribution is -2.24. The molecule has 0 unspecified atom stereocenters. The first-order valence-corrected chi connectivity index (χ1v) is 5.83. The lowest BCUT2D eigenvalue weighted by Gasteiger charge is -2.05. The highest BCUT2D eigenvalue weighted by Gasteiger charge is 1.98. The third-order valence-electron chi connectivity index (χ3n) is 2.13. The smallest absolute Gasteiger partial charge is 0.246 e. The van der Waals surface area contributed by atoms with Crippen LogP contribution in [0.25, 0.3) is 0 Å². The third kappa shape index (κ3) is 9.47. The summed E-state index contributed by atoms with van der Waals surface area (Å²) in [4.78, 5) is 11.1. The van der Waals surface area contributed by atoms with Crippen molar-refractivity contribution in [2.75, 3.05) is 19.6 Å². The molecular formula is C12H24N2O. The van der Waals surface area contributed by atoms with E-state index in [9.17, 15) is 4.79 Å². The van der Waals surface area contributed by atoms with Gasteiger partial charge in [-0.25, -0.2) is 0 Å². The first-order valence-electron chi connectivity index (χ1n) is 5.83. The molecule has 0 aromatic heterocycles. The Hall–Kier alpha value is -0.830. The Labute approximate surface area is 93.3 Å². The van der Waals surface area contributed by atoms with Gasteiger partial charge in [-0.1, -0.05) is 19.9 Å². The highest BCUT2D eigenvalue weighted by Crippen LogP contribution is 1.93. The molecule has 0 aromatic carbocycles. The Bertz CT molecular complexity index is 190. The van der Waals surface area contributed by atoms with Gasteiger partial charge < -0.3 is 10.6 Å². The Morgan fingerprint density at radius 1 is 1.13 bits per heavy atom. The molecule has 0 fully saturated rings. The molecule has 0 bridgehead atoms. The molecule has 0 aromatic rings. The minimum Gasteiger partial charge on any atom is -0.352 e. The monoisotopic (exact) mass is 212 g/mol. The molecule has 3 heteroatoms. The van der Waals surface area contributed by atoms with Gasteiger partial charge in [0.2, 0.25) is 5.91 Å². The van der Waals surface area contributed by atoms with Crippen LogP contribution in [0.5, 0.6) is 0 Å². The summed E-state index contributed by atoms with van der Waals surface area (Å²) < 4.78 is 0. The zero-order valence-corrected chi connectivity index (χ0v) is 10.1. The van der Waals surface area contributed by atoms with Gasteiger partial charge in [0, 0.05) is 12.1 Å². The van der Waals surface area contributed by atoms with Gasteiger partial charge in [0.05, 0.1) is 0 Å². The summed E-state index contributed by atoms with van der Waals surface area (Å²) in [5.41, 5.74) is 0.583. The largest absolute Gasteiger partial charge is 0.352 e. The molecule has 0 saturated carbocycles. The normalized spacial score (nSPS) is 10.0. The van der Waals surface area contributed by atoms with Gasteiger partial charge in [0.25, 0.3) is 0 Å². The molecule has 0 heterocycles. The van der Waals surface area contributed by atoms with Gasteiger partial charge in [-0.2, -0.15) is 0 Å². The van der Waals surface area contributed by atoms with E-state index in [1.165, 1.54) is 12.8 Å². The minimum absolute atomic E-state index is 0.0286. The van der Waals surface area contributed by atoms with E-state index in [1.54, 1.807) is 6.92 Å². The van der Waals surface area contributed by atoms with Gasteiger partial charge in [-0.05, 0) is 39.3 Å². The number of carbonyl (C=O) groups is 1. The zero-order valence-electron chi connectivity index (χ0n) is 10.1. The predicted molar refractivity (Wildman–Crippen MR) is 64.8 cm³/mol. The van der Waals surface area contributed by atoms with Crippen molar-refractivity contribution in [2.24, 2.45) is 0 Å². The van der Waals surface area contributed by atoms with Gasteiger partial charge in [0.15, 0.2) is 0 Å². The van der Waals surface area contributed by atoms with Crippen molar-refractivity contribution in [1.82, 2.24) is 10.6 Å². The molecule has 3 nitrogen and oxygen atoms in total. The maximum absolute atomic E-state index is 11.1. The molecule has 1 amide bonds. The van der Waals surface area contributed by atoms with Crippen LogP contribution in [0.4, 0.5) is 0 Å². The summed E-state index contributed by atoms with van der Waals surface area (Å²) in [6.45, 7) is 10.4. The molecule has 15 heavy (non-hydrogen) atoms. The van der Waals surface area contributed by atoms with Gasteiger partial charge >= 0.3 is 0 Å². The van der Waals surface area contributed by atoms with E-state index < -0.39 is 0 Å². The van der Waals surface area contributed by atoms with E-state index in [0.29, 0.717) is 5.57 Å². The lowest BCUT2D eigenvalue weighted by atomic mass is 10.2. The van der Waals surface area contributed by atoms with E-state index in [4.69, 9.17) is 0 Å². The van der Waals surface area contributed by atoms with E-state index in [1.807, 2.05) is 0 Å². The summed E-state index contributed by atoms with van der Waals surface area (Å²) in [5, 5.41) is 6.18. The van der Waals surface area contributed by atoms with Crippen molar-refractivity contribution >= 4 is 5.91 Å². The van der Waals surface area contributed by atoms with Crippen molar-refractivity contribution in [1.29, 1.82) is 0 Å². The highest BCUT2D eigenvalue weighted by atomic mass is 16.1. The second-order valence-electron chi connectivity index (χ2n) is 3.85.